The number of aromatic nitrogens is 1. The monoisotopic (exact) mass is 265 g/mol. The van der Waals surface area contributed by atoms with Gasteiger partial charge in [-0.05, 0) is 18.4 Å². The lowest BCUT2D eigenvalue weighted by Gasteiger charge is -2.07. The molecule has 0 bridgehead atoms. The van der Waals surface area contributed by atoms with Crippen LogP contribution in [0.3, 0.4) is 0 Å². The van der Waals surface area contributed by atoms with E-state index in [1.54, 1.807) is 0 Å². The van der Waals surface area contributed by atoms with Crippen LogP contribution in [-0.2, 0) is 4.74 Å². The van der Waals surface area contributed by atoms with E-state index in [1.807, 2.05) is 0 Å². The van der Waals surface area contributed by atoms with Gasteiger partial charge in [0.05, 0.1) is 12.0 Å². The fraction of sp³-hybridized carbons (Fsp3) is 0.500. The second-order valence-electron chi connectivity index (χ2n) is 4.47. The number of hydrogen-bond donors (Lipinski definition) is 1. The van der Waals surface area contributed by atoms with Gasteiger partial charge in [0.15, 0.2) is 5.69 Å². The number of carbonyl (C=O) groups excluding carboxylic acids is 1. The summed E-state index contributed by atoms with van der Waals surface area (Å²) in [6, 6.07) is 2.76. The Balaban J connectivity index is 2.26. The Labute approximate surface area is 110 Å². The van der Waals surface area contributed by atoms with Crippen LogP contribution in [0.5, 0.6) is 0 Å². The number of rotatable bonds is 5. The average molecular weight is 265 g/mol. The van der Waals surface area contributed by atoms with E-state index in [9.17, 15) is 14.9 Å². The van der Waals surface area contributed by atoms with E-state index in [4.69, 9.17) is 0 Å². The molecule has 2 rings (SSSR count). The molecule has 0 spiro atoms. The number of pyridine rings is 1. The van der Waals surface area contributed by atoms with Crippen LogP contribution in [-0.4, -0.2) is 29.0 Å². The molecular weight excluding hydrogens is 250 g/mol. The molecule has 0 aromatic carbocycles. The molecular formula is C12H15N3O4. The topological polar surface area (TPSA) is 94.4 Å². The molecule has 1 aliphatic rings. The van der Waals surface area contributed by atoms with Gasteiger partial charge in [0, 0.05) is 12.1 Å². The molecule has 1 fully saturated rings. The molecule has 102 valence electrons. The number of nitro groups is 1. The largest absolute Gasteiger partial charge is 0.464 e. The van der Waals surface area contributed by atoms with E-state index in [2.05, 4.69) is 22.0 Å². The van der Waals surface area contributed by atoms with Crippen molar-refractivity contribution in [3.63, 3.8) is 0 Å². The van der Waals surface area contributed by atoms with Crippen LogP contribution in [0, 0.1) is 16.0 Å². The highest BCUT2D eigenvalue weighted by atomic mass is 16.6. The Bertz CT molecular complexity index is 518. The average Bonchev–Trinajstić information content (AvgIpc) is 3.15. The zero-order valence-electron chi connectivity index (χ0n) is 10.8. The van der Waals surface area contributed by atoms with Crippen LogP contribution in [0.1, 0.15) is 30.3 Å². The predicted molar refractivity (Wildman–Crippen MR) is 68.0 cm³/mol. The van der Waals surface area contributed by atoms with Gasteiger partial charge >= 0.3 is 11.7 Å². The van der Waals surface area contributed by atoms with Crippen molar-refractivity contribution >= 4 is 17.5 Å². The second kappa shape index (κ2) is 5.21. The summed E-state index contributed by atoms with van der Waals surface area (Å²) in [4.78, 5) is 25.8. The summed E-state index contributed by atoms with van der Waals surface area (Å²) < 4.78 is 4.56. The van der Waals surface area contributed by atoms with Crippen molar-refractivity contribution in [1.82, 2.24) is 4.98 Å². The smallest absolute Gasteiger partial charge is 0.356 e. The molecule has 7 heteroatoms. The first-order chi connectivity index (χ1) is 9.06. The first-order valence-corrected chi connectivity index (χ1v) is 6.07. The van der Waals surface area contributed by atoms with Crippen molar-refractivity contribution in [1.29, 1.82) is 0 Å². The summed E-state index contributed by atoms with van der Waals surface area (Å²) in [5.41, 5.74) is -0.0706. The molecule has 1 saturated carbocycles. The van der Waals surface area contributed by atoms with E-state index in [1.165, 1.54) is 19.2 Å². The van der Waals surface area contributed by atoms with Gasteiger partial charge in [-0.15, -0.1) is 0 Å². The molecule has 1 N–H and O–H groups in total. The highest BCUT2D eigenvalue weighted by molar-refractivity contribution is 5.88. The Morgan fingerprint density at radius 1 is 1.63 bits per heavy atom. The first kappa shape index (κ1) is 13.3. The number of nitrogens with zero attached hydrogens (tertiary/aromatic N) is 2. The molecule has 19 heavy (non-hydrogen) atoms. The number of carbonyl (C=O) groups is 1. The van der Waals surface area contributed by atoms with Crippen LogP contribution in [0.25, 0.3) is 0 Å². The van der Waals surface area contributed by atoms with E-state index >= 15 is 0 Å². The molecule has 0 aliphatic heterocycles. The molecule has 0 amide bonds. The van der Waals surface area contributed by atoms with Crippen molar-refractivity contribution in [2.24, 2.45) is 5.92 Å². The Hall–Kier alpha value is -2.18. The van der Waals surface area contributed by atoms with E-state index in [0.29, 0.717) is 5.92 Å². The van der Waals surface area contributed by atoms with Gasteiger partial charge in [-0.3, -0.25) is 10.1 Å². The fourth-order valence-electron chi connectivity index (χ4n) is 1.97. The molecule has 0 saturated heterocycles. The molecule has 1 heterocycles. The van der Waals surface area contributed by atoms with E-state index < -0.39 is 10.9 Å². The van der Waals surface area contributed by atoms with Gasteiger partial charge in [0.25, 0.3) is 0 Å². The first-order valence-electron chi connectivity index (χ1n) is 6.07. The molecule has 2 unspecified atom stereocenters. The highest BCUT2D eigenvalue weighted by Crippen LogP contribution is 2.37. The molecule has 0 radical (unpaired) electrons. The van der Waals surface area contributed by atoms with Crippen molar-refractivity contribution in [2.45, 2.75) is 25.8 Å². The lowest BCUT2D eigenvalue weighted by molar-refractivity contribution is -0.384. The van der Waals surface area contributed by atoms with Gasteiger partial charge in [-0.25, -0.2) is 9.78 Å². The van der Waals surface area contributed by atoms with Crippen LogP contribution in [0.4, 0.5) is 11.5 Å². The number of anilines is 1. The third-order valence-electron chi connectivity index (χ3n) is 3.23. The Morgan fingerprint density at radius 2 is 2.37 bits per heavy atom. The standard InChI is InChI=1S/C12H15N3O4/c1-3-7-6-9(7)14-11-10(15(17)18)5-4-8(13-11)12(16)19-2/h4-5,7,9H,3,6H2,1-2H3,(H,13,14). The quantitative estimate of drug-likeness (QED) is 0.497. The molecule has 2 atom stereocenters. The summed E-state index contributed by atoms with van der Waals surface area (Å²) in [5.74, 6) is 0.0397. The van der Waals surface area contributed by atoms with Gasteiger partial charge in [0.2, 0.25) is 5.82 Å². The van der Waals surface area contributed by atoms with Crippen LogP contribution in [0.15, 0.2) is 12.1 Å². The number of ether oxygens (including phenoxy) is 1. The Morgan fingerprint density at radius 3 is 2.89 bits per heavy atom. The minimum Gasteiger partial charge on any atom is -0.464 e. The molecule has 1 aromatic rings. The summed E-state index contributed by atoms with van der Waals surface area (Å²) >= 11 is 0. The third kappa shape index (κ3) is 2.81. The van der Waals surface area contributed by atoms with Crippen molar-refractivity contribution < 1.29 is 14.5 Å². The molecule has 7 nitrogen and oxygen atoms in total. The molecule has 1 aromatic heterocycles. The van der Waals surface area contributed by atoms with Crippen molar-refractivity contribution in [3.8, 4) is 0 Å². The maximum Gasteiger partial charge on any atom is 0.356 e. The van der Waals surface area contributed by atoms with E-state index in [-0.39, 0.29) is 23.2 Å². The third-order valence-corrected chi connectivity index (χ3v) is 3.23. The van der Waals surface area contributed by atoms with E-state index in [0.717, 1.165) is 12.8 Å². The summed E-state index contributed by atoms with van der Waals surface area (Å²) in [5, 5.41) is 14.0. The summed E-state index contributed by atoms with van der Waals surface area (Å²) in [7, 11) is 1.24. The van der Waals surface area contributed by atoms with Gasteiger partial charge < -0.3 is 10.1 Å². The lowest BCUT2D eigenvalue weighted by atomic mass is 10.3. The minimum atomic E-state index is -0.610. The van der Waals surface area contributed by atoms with Crippen molar-refractivity contribution in [2.75, 3.05) is 12.4 Å². The fourth-order valence-corrected chi connectivity index (χ4v) is 1.97. The van der Waals surface area contributed by atoms with Crippen LogP contribution >= 0.6 is 0 Å². The van der Waals surface area contributed by atoms with Crippen LogP contribution < -0.4 is 5.32 Å². The van der Waals surface area contributed by atoms with Crippen LogP contribution in [0.2, 0.25) is 0 Å². The normalized spacial score (nSPS) is 20.7. The SMILES string of the molecule is CCC1CC1Nc1nc(C(=O)OC)ccc1[N+](=O)[O-]. The van der Waals surface area contributed by atoms with Gasteiger partial charge in [-0.1, -0.05) is 13.3 Å². The highest BCUT2D eigenvalue weighted by Gasteiger charge is 2.37. The number of nitrogens with one attached hydrogen (secondary N) is 1. The predicted octanol–water partition coefficient (Wildman–Crippen LogP) is 1.99. The van der Waals surface area contributed by atoms with Crippen molar-refractivity contribution in [3.05, 3.63) is 27.9 Å². The number of hydrogen-bond acceptors (Lipinski definition) is 6. The zero-order chi connectivity index (χ0) is 14.0. The number of methoxy groups -OCH3 is 1. The maximum absolute atomic E-state index is 11.4. The minimum absolute atomic E-state index is 0.0595. The van der Waals surface area contributed by atoms with Gasteiger partial charge in [0.1, 0.15) is 0 Å². The lowest BCUT2D eigenvalue weighted by Crippen LogP contribution is -2.12. The van der Waals surface area contributed by atoms with Gasteiger partial charge in [-0.2, -0.15) is 0 Å². The Kier molecular flexibility index (Phi) is 3.64. The maximum atomic E-state index is 11.4. The second-order valence-corrected chi connectivity index (χ2v) is 4.47. The molecule has 1 aliphatic carbocycles. The zero-order valence-corrected chi connectivity index (χ0v) is 10.8. The number of esters is 1. The summed E-state index contributed by atoms with van der Waals surface area (Å²) in [6.07, 6.45) is 1.99. The summed E-state index contributed by atoms with van der Waals surface area (Å²) in [6.45, 7) is 2.07.